The van der Waals surface area contributed by atoms with Crippen molar-refractivity contribution in [3.63, 3.8) is 0 Å². The fraction of sp³-hybridized carbons (Fsp3) is 0.571. The van der Waals surface area contributed by atoms with Gasteiger partial charge in [0.25, 0.3) is 0 Å². The van der Waals surface area contributed by atoms with Gasteiger partial charge in [0.2, 0.25) is 0 Å². The van der Waals surface area contributed by atoms with Crippen LogP contribution in [0.3, 0.4) is 0 Å². The number of fused-ring (bicyclic) bond motifs is 1. The third kappa shape index (κ3) is 3.68. The molecule has 5 atom stereocenters. The van der Waals surface area contributed by atoms with Crippen molar-refractivity contribution in [1.29, 1.82) is 0 Å². The second-order valence-corrected chi connectivity index (χ2v) is 4.86. The zero-order valence-electron chi connectivity index (χ0n) is 11.4. The topological polar surface area (TPSA) is 85.4 Å². The molecule has 2 aliphatic heterocycles. The predicted octanol–water partition coefficient (Wildman–Crippen LogP) is 0.494. The molecule has 0 aromatic rings. The summed E-state index contributed by atoms with van der Waals surface area (Å²) in [6, 6.07) is 0. The first kappa shape index (κ1) is 14.7. The molecule has 0 aliphatic carbocycles. The molecule has 1 fully saturated rings. The Morgan fingerprint density at radius 1 is 1.50 bits per heavy atom. The normalized spacial score (nSPS) is 38.8. The molecule has 0 aromatic heterocycles. The lowest BCUT2D eigenvalue weighted by Gasteiger charge is -2.24. The van der Waals surface area contributed by atoms with Crippen molar-refractivity contribution in [2.75, 3.05) is 0 Å². The van der Waals surface area contributed by atoms with Crippen molar-refractivity contribution in [3.8, 4) is 0 Å². The molecule has 110 valence electrons. The summed E-state index contributed by atoms with van der Waals surface area (Å²) >= 11 is 0. The van der Waals surface area contributed by atoms with Crippen molar-refractivity contribution in [3.05, 3.63) is 24.3 Å². The van der Waals surface area contributed by atoms with Crippen molar-refractivity contribution >= 4 is 11.9 Å². The van der Waals surface area contributed by atoms with Gasteiger partial charge in [0.05, 0.1) is 0 Å². The van der Waals surface area contributed by atoms with Gasteiger partial charge in [-0.25, -0.2) is 9.59 Å². The molecule has 0 unspecified atom stereocenters. The van der Waals surface area contributed by atoms with Gasteiger partial charge in [0.15, 0.2) is 6.10 Å². The predicted molar refractivity (Wildman–Crippen MR) is 68.7 cm³/mol. The van der Waals surface area contributed by atoms with E-state index in [2.05, 4.69) is 0 Å². The van der Waals surface area contributed by atoms with Crippen LogP contribution in [0.2, 0.25) is 0 Å². The molecular formula is C14H18O6. The van der Waals surface area contributed by atoms with Gasteiger partial charge in [0.1, 0.15) is 24.4 Å². The fourth-order valence-electron chi connectivity index (χ4n) is 2.03. The van der Waals surface area contributed by atoms with E-state index in [9.17, 15) is 14.7 Å². The van der Waals surface area contributed by atoms with E-state index < -0.39 is 36.4 Å². The van der Waals surface area contributed by atoms with Gasteiger partial charge in [-0.2, -0.15) is 0 Å². The van der Waals surface area contributed by atoms with Gasteiger partial charge >= 0.3 is 11.9 Å². The number of ether oxygens (including phenoxy) is 3. The molecule has 0 saturated carbocycles. The maximum Gasteiger partial charge on any atom is 0.338 e. The van der Waals surface area contributed by atoms with E-state index in [0.717, 1.165) is 0 Å². The van der Waals surface area contributed by atoms with Gasteiger partial charge < -0.3 is 19.3 Å². The van der Waals surface area contributed by atoms with Gasteiger partial charge in [-0.3, -0.25) is 0 Å². The van der Waals surface area contributed by atoms with Crippen LogP contribution >= 0.6 is 0 Å². The second-order valence-electron chi connectivity index (χ2n) is 4.86. The number of allylic oxidation sites excluding steroid dienone is 1. The molecular weight excluding hydrogens is 264 g/mol. The molecule has 6 heteroatoms. The van der Waals surface area contributed by atoms with Crippen LogP contribution in [0.5, 0.6) is 0 Å². The number of aliphatic hydroxyl groups excluding tert-OH is 1. The van der Waals surface area contributed by atoms with E-state index >= 15 is 0 Å². The van der Waals surface area contributed by atoms with E-state index in [1.807, 2.05) is 0 Å². The summed E-state index contributed by atoms with van der Waals surface area (Å²) in [5.41, 5.74) is 0. The molecule has 20 heavy (non-hydrogen) atoms. The highest BCUT2D eigenvalue weighted by Gasteiger charge is 2.46. The van der Waals surface area contributed by atoms with Crippen LogP contribution in [0.25, 0.3) is 0 Å². The molecule has 2 aliphatic rings. The zero-order chi connectivity index (χ0) is 14.7. The summed E-state index contributed by atoms with van der Waals surface area (Å²) in [6.07, 6.45) is 2.96. The minimum atomic E-state index is -0.965. The highest BCUT2D eigenvalue weighted by Crippen LogP contribution is 2.27. The smallest absolute Gasteiger partial charge is 0.338 e. The van der Waals surface area contributed by atoms with Crippen LogP contribution in [-0.2, 0) is 23.8 Å². The van der Waals surface area contributed by atoms with Crippen LogP contribution in [0.4, 0.5) is 0 Å². The van der Waals surface area contributed by atoms with E-state index in [0.29, 0.717) is 0 Å². The fourth-order valence-corrected chi connectivity index (χ4v) is 2.03. The summed E-state index contributed by atoms with van der Waals surface area (Å²) in [7, 11) is 0. The summed E-state index contributed by atoms with van der Waals surface area (Å²) in [6.45, 7) is 3.38. The van der Waals surface area contributed by atoms with Crippen molar-refractivity contribution < 1.29 is 28.9 Å². The second kappa shape index (κ2) is 6.19. The Hall–Kier alpha value is -1.66. The summed E-state index contributed by atoms with van der Waals surface area (Å²) < 4.78 is 15.5. The van der Waals surface area contributed by atoms with Crippen LogP contribution < -0.4 is 0 Å². The first-order valence-electron chi connectivity index (χ1n) is 6.57. The Bertz CT molecular complexity index is 441. The van der Waals surface area contributed by atoms with Gasteiger partial charge in [-0.1, -0.05) is 18.2 Å². The van der Waals surface area contributed by atoms with Crippen LogP contribution in [0.15, 0.2) is 24.3 Å². The number of rotatable bonds is 2. The Balaban J connectivity index is 2.08. The van der Waals surface area contributed by atoms with Gasteiger partial charge in [-0.15, -0.1) is 0 Å². The van der Waals surface area contributed by atoms with Crippen LogP contribution in [0.1, 0.15) is 20.3 Å². The third-order valence-electron chi connectivity index (χ3n) is 3.09. The van der Waals surface area contributed by atoms with E-state index in [-0.39, 0.29) is 12.5 Å². The number of carbonyl (C=O) groups excluding carboxylic acids is 2. The average molecular weight is 282 g/mol. The summed E-state index contributed by atoms with van der Waals surface area (Å²) in [4.78, 5) is 23.1. The van der Waals surface area contributed by atoms with Gasteiger partial charge in [-0.05, 0) is 13.8 Å². The van der Waals surface area contributed by atoms with E-state index in [1.54, 1.807) is 26.0 Å². The first-order valence-corrected chi connectivity index (χ1v) is 6.57. The summed E-state index contributed by atoms with van der Waals surface area (Å²) in [5.74, 6) is -0.969. The minimum absolute atomic E-state index is 0.220. The van der Waals surface area contributed by atoms with Gasteiger partial charge in [0, 0.05) is 12.5 Å². The molecule has 0 aromatic carbocycles. The molecule has 6 nitrogen and oxygen atoms in total. The zero-order valence-corrected chi connectivity index (χ0v) is 11.4. The number of carbonyl (C=O) groups is 2. The molecule has 0 radical (unpaired) electrons. The SMILES string of the molecule is C/C=C/C(=O)O[C@@H]1C[C@@H](C)OC(=O)[C@H]2O[C@H]2/C=C/[C@H]1O. The lowest BCUT2D eigenvalue weighted by atomic mass is 10.1. The molecule has 1 N–H and O–H groups in total. The van der Waals surface area contributed by atoms with Crippen LogP contribution in [-0.4, -0.2) is 47.6 Å². The third-order valence-corrected chi connectivity index (χ3v) is 3.09. The van der Waals surface area contributed by atoms with Crippen LogP contribution in [0, 0.1) is 0 Å². The van der Waals surface area contributed by atoms with Crippen molar-refractivity contribution in [2.24, 2.45) is 0 Å². The van der Waals surface area contributed by atoms with E-state index in [4.69, 9.17) is 14.2 Å². The number of cyclic esters (lactones) is 1. The Kier molecular flexibility index (Phi) is 4.57. The molecule has 2 rings (SSSR count). The Morgan fingerprint density at radius 3 is 2.95 bits per heavy atom. The number of epoxide rings is 1. The maximum atomic E-state index is 11.6. The van der Waals surface area contributed by atoms with Crippen molar-refractivity contribution in [1.82, 2.24) is 0 Å². The number of hydrogen-bond acceptors (Lipinski definition) is 6. The highest BCUT2D eigenvalue weighted by atomic mass is 16.6. The summed E-state index contributed by atoms with van der Waals surface area (Å²) in [5, 5.41) is 10.0. The number of esters is 2. The maximum absolute atomic E-state index is 11.6. The lowest BCUT2D eigenvalue weighted by molar-refractivity contribution is -0.156. The standard InChI is InChI=1S/C14H18O6/c1-3-4-12(16)19-11-7-8(2)18-14(17)13-10(20-13)6-5-9(11)15/h3-6,8-11,13,15H,7H2,1-2H3/b4-3+,6-5+/t8-,9-,10+,11-,13+/m1/s1. The van der Waals surface area contributed by atoms with E-state index in [1.165, 1.54) is 12.2 Å². The lowest BCUT2D eigenvalue weighted by Crippen LogP contribution is -2.35. The highest BCUT2D eigenvalue weighted by molar-refractivity contribution is 5.82. The molecule has 0 amide bonds. The number of aliphatic hydroxyl groups is 1. The molecule has 0 spiro atoms. The number of hydrogen-bond donors (Lipinski definition) is 1. The largest absolute Gasteiger partial charge is 0.461 e. The Labute approximate surface area is 117 Å². The molecule has 0 bridgehead atoms. The first-order chi connectivity index (χ1) is 9.51. The monoisotopic (exact) mass is 282 g/mol. The van der Waals surface area contributed by atoms with Crippen molar-refractivity contribution in [2.45, 2.75) is 50.8 Å². The molecule has 2 heterocycles. The molecule has 1 saturated heterocycles. The average Bonchev–Trinajstić information content (AvgIpc) is 3.14. The minimum Gasteiger partial charge on any atom is -0.461 e. The quantitative estimate of drug-likeness (QED) is 0.343. The Morgan fingerprint density at radius 2 is 2.25 bits per heavy atom.